The number of ether oxygens (including phenoxy) is 1. The van der Waals surface area contributed by atoms with Crippen LogP contribution in [0.15, 0.2) is 30.3 Å². The maximum Gasteiger partial charge on any atom is 0.119 e. The van der Waals surface area contributed by atoms with Gasteiger partial charge in [0, 0.05) is 18.7 Å². The fourth-order valence-electron chi connectivity index (χ4n) is 2.39. The fourth-order valence-corrected chi connectivity index (χ4v) is 2.39. The molecule has 0 amide bonds. The van der Waals surface area contributed by atoms with Gasteiger partial charge in [0.05, 0.1) is 18.4 Å². The molecule has 1 heterocycles. The van der Waals surface area contributed by atoms with Crippen LogP contribution < -0.4 is 4.74 Å². The molecule has 0 saturated heterocycles. The first-order valence-electron chi connectivity index (χ1n) is 7.64. The maximum absolute atomic E-state index is 10.4. The van der Waals surface area contributed by atoms with Gasteiger partial charge in [-0.15, -0.1) is 0 Å². The molecule has 1 aromatic carbocycles. The van der Waals surface area contributed by atoms with Gasteiger partial charge in [-0.05, 0) is 44.0 Å². The van der Waals surface area contributed by atoms with Crippen LogP contribution in [0.2, 0.25) is 0 Å². The first-order valence-corrected chi connectivity index (χ1v) is 7.64. The quantitative estimate of drug-likeness (QED) is 0.851. The number of aliphatic hydroxyl groups is 1. The summed E-state index contributed by atoms with van der Waals surface area (Å²) in [5.41, 5.74) is 3.06. The number of rotatable bonds is 7. The summed E-state index contributed by atoms with van der Waals surface area (Å²) in [5.74, 6) is 0.834. The number of hydrogen-bond donors (Lipinski definition) is 1. The van der Waals surface area contributed by atoms with E-state index < -0.39 is 6.10 Å². The topological polar surface area (TPSA) is 47.3 Å². The van der Waals surface area contributed by atoms with Crippen LogP contribution in [-0.4, -0.2) is 21.5 Å². The number of aromatic nitrogens is 2. The lowest BCUT2D eigenvalue weighted by atomic mass is 10.0. The molecule has 21 heavy (non-hydrogen) atoms. The van der Waals surface area contributed by atoms with Crippen LogP contribution in [0.3, 0.4) is 0 Å². The largest absolute Gasteiger partial charge is 0.494 e. The normalized spacial score (nSPS) is 12.4. The van der Waals surface area contributed by atoms with Crippen LogP contribution >= 0.6 is 0 Å². The summed E-state index contributed by atoms with van der Waals surface area (Å²) in [6.45, 7) is 7.59. The van der Waals surface area contributed by atoms with E-state index in [9.17, 15) is 5.11 Å². The first kappa shape index (κ1) is 15.6. The van der Waals surface area contributed by atoms with Crippen molar-refractivity contribution in [3.8, 4) is 5.75 Å². The Morgan fingerprint density at radius 3 is 2.48 bits per heavy atom. The number of aliphatic hydroxyl groups excluding tert-OH is 1. The Kier molecular flexibility index (Phi) is 5.39. The summed E-state index contributed by atoms with van der Waals surface area (Å²) < 4.78 is 7.39. The second kappa shape index (κ2) is 7.27. The zero-order valence-corrected chi connectivity index (χ0v) is 13.0. The van der Waals surface area contributed by atoms with Gasteiger partial charge < -0.3 is 9.84 Å². The molecule has 0 radical (unpaired) electrons. The summed E-state index contributed by atoms with van der Waals surface area (Å²) in [6, 6.07) is 9.72. The van der Waals surface area contributed by atoms with Gasteiger partial charge in [0.25, 0.3) is 0 Å². The van der Waals surface area contributed by atoms with E-state index in [1.165, 1.54) is 0 Å². The average molecular weight is 288 g/mol. The first-order chi connectivity index (χ1) is 10.2. The third-order valence-electron chi connectivity index (χ3n) is 3.55. The molecule has 2 rings (SSSR count). The van der Waals surface area contributed by atoms with Crippen molar-refractivity contribution in [1.82, 2.24) is 9.78 Å². The van der Waals surface area contributed by atoms with E-state index in [1.807, 2.05) is 35.9 Å². The minimum absolute atomic E-state index is 0.521. The number of nitrogens with zero attached hydrogens (tertiary/aromatic N) is 2. The van der Waals surface area contributed by atoms with E-state index in [1.54, 1.807) is 0 Å². The fraction of sp³-hybridized carbons (Fsp3) is 0.471. The molecule has 0 bridgehead atoms. The highest BCUT2D eigenvalue weighted by molar-refractivity contribution is 5.29. The summed E-state index contributed by atoms with van der Waals surface area (Å²) in [7, 11) is 0. The second-order valence-corrected chi connectivity index (χ2v) is 5.02. The van der Waals surface area contributed by atoms with E-state index in [2.05, 4.69) is 25.0 Å². The molecular formula is C17H24N2O2. The summed E-state index contributed by atoms with van der Waals surface area (Å²) in [5, 5.41) is 14.9. The van der Waals surface area contributed by atoms with Crippen molar-refractivity contribution >= 4 is 0 Å². The zero-order valence-electron chi connectivity index (χ0n) is 13.0. The molecule has 1 aromatic heterocycles. The Morgan fingerprint density at radius 1 is 1.19 bits per heavy atom. The highest BCUT2D eigenvalue weighted by atomic mass is 16.5. The highest BCUT2D eigenvalue weighted by Crippen LogP contribution is 2.22. The van der Waals surface area contributed by atoms with E-state index in [4.69, 9.17) is 4.74 Å². The van der Waals surface area contributed by atoms with Crippen LogP contribution in [0.1, 0.15) is 43.8 Å². The Labute approximate surface area is 126 Å². The lowest BCUT2D eigenvalue weighted by Crippen LogP contribution is -2.08. The van der Waals surface area contributed by atoms with E-state index in [0.717, 1.165) is 35.7 Å². The Morgan fingerprint density at radius 2 is 1.90 bits per heavy atom. The molecule has 1 unspecified atom stereocenters. The van der Waals surface area contributed by atoms with Gasteiger partial charge in [0.15, 0.2) is 0 Å². The number of benzene rings is 1. The van der Waals surface area contributed by atoms with Crippen LogP contribution in [-0.2, 0) is 19.4 Å². The van der Waals surface area contributed by atoms with Gasteiger partial charge in [0.1, 0.15) is 5.75 Å². The molecule has 0 spiro atoms. The van der Waals surface area contributed by atoms with Gasteiger partial charge in [0.2, 0.25) is 0 Å². The number of aryl methyl sites for hydroxylation is 2. The molecule has 0 aliphatic carbocycles. The molecule has 4 heteroatoms. The van der Waals surface area contributed by atoms with Crippen molar-refractivity contribution in [2.24, 2.45) is 0 Å². The van der Waals surface area contributed by atoms with E-state index in [-0.39, 0.29) is 0 Å². The van der Waals surface area contributed by atoms with E-state index in [0.29, 0.717) is 13.0 Å². The Bertz CT molecular complexity index is 561. The Hall–Kier alpha value is -1.81. The lowest BCUT2D eigenvalue weighted by Gasteiger charge is -2.12. The Balaban J connectivity index is 2.09. The molecule has 4 nitrogen and oxygen atoms in total. The van der Waals surface area contributed by atoms with Gasteiger partial charge >= 0.3 is 0 Å². The predicted octanol–water partition coefficient (Wildman–Crippen LogP) is 3.14. The van der Waals surface area contributed by atoms with Crippen molar-refractivity contribution in [2.75, 3.05) is 6.61 Å². The SMILES string of the molecule is CCOc1ccc(C(O)Cc2cc(CC)nn2CC)cc1. The highest BCUT2D eigenvalue weighted by Gasteiger charge is 2.13. The molecule has 0 aliphatic heterocycles. The third kappa shape index (κ3) is 3.85. The smallest absolute Gasteiger partial charge is 0.119 e. The standard InChI is InChI=1S/C17H24N2O2/c1-4-14-11-15(19(5-2)18-14)12-17(20)13-7-9-16(10-8-13)21-6-3/h7-11,17,20H,4-6,12H2,1-3H3. The maximum atomic E-state index is 10.4. The third-order valence-corrected chi connectivity index (χ3v) is 3.55. The van der Waals surface area contributed by atoms with Gasteiger partial charge in [-0.25, -0.2) is 0 Å². The van der Waals surface area contributed by atoms with Crippen molar-refractivity contribution in [3.63, 3.8) is 0 Å². The molecule has 0 fully saturated rings. The van der Waals surface area contributed by atoms with Crippen LogP contribution in [0.4, 0.5) is 0 Å². The van der Waals surface area contributed by atoms with E-state index >= 15 is 0 Å². The molecule has 1 atom stereocenters. The van der Waals surface area contributed by atoms with Crippen molar-refractivity contribution in [3.05, 3.63) is 47.3 Å². The molecule has 0 saturated carbocycles. The summed E-state index contributed by atoms with van der Waals surface area (Å²) in [6.07, 6.45) is 0.973. The summed E-state index contributed by atoms with van der Waals surface area (Å²) in [4.78, 5) is 0. The molecule has 0 aliphatic rings. The van der Waals surface area contributed by atoms with Crippen LogP contribution in [0, 0.1) is 0 Å². The minimum Gasteiger partial charge on any atom is -0.494 e. The van der Waals surface area contributed by atoms with Gasteiger partial charge in [-0.1, -0.05) is 19.1 Å². The average Bonchev–Trinajstić information content (AvgIpc) is 2.90. The zero-order chi connectivity index (χ0) is 15.2. The van der Waals surface area contributed by atoms with Gasteiger partial charge in [-0.2, -0.15) is 5.10 Å². The van der Waals surface area contributed by atoms with Crippen molar-refractivity contribution < 1.29 is 9.84 Å². The van der Waals surface area contributed by atoms with Gasteiger partial charge in [-0.3, -0.25) is 4.68 Å². The molecule has 1 N–H and O–H groups in total. The molecular weight excluding hydrogens is 264 g/mol. The predicted molar refractivity (Wildman–Crippen MR) is 83.6 cm³/mol. The molecule has 114 valence electrons. The minimum atomic E-state index is -0.521. The van der Waals surface area contributed by atoms with Crippen molar-refractivity contribution in [1.29, 1.82) is 0 Å². The summed E-state index contributed by atoms with van der Waals surface area (Å²) >= 11 is 0. The number of hydrogen-bond acceptors (Lipinski definition) is 3. The monoisotopic (exact) mass is 288 g/mol. The van der Waals surface area contributed by atoms with Crippen LogP contribution in [0.5, 0.6) is 5.75 Å². The van der Waals surface area contributed by atoms with Crippen LogP contribution in [0.25, 0.3) is 0 Å². The lowest BCUT2D eigenvalue weighted by molar-refractivity contribution is 0.175. The molecule has 2 aromatic rings. The van der Waals surface area contributed by atoms with Crippen molar-refractivity contribution in [2.45, 2.75) is 46.3 Å². The second-order valence-electron chi connectivity index (χ2n) is 5.02.